The van der Waals surface area contributed by atoms with Crippen LogP contribution in [0.1, 0.15) is 26.7 Å². The monoisotopic (exact) mass is 423 g/mol. The number of quaternary nitrogens is 1. The molecule has 1 fully saturated rings. The van der Waals surface area contributed by atoms with Gasteiger partial charge in [-0.1, -0.05) is 18.0 Å². The normalized spacial score (nSPS) is 25.4. The number of rotatable bonds is 4. The highest BCUT2D eigenvalue weighted by Gasteiger charge is 2.55. The minimum absolute atomic E-state index is 0.493. The smallest absolute Gasteiger partial charge is 0.326 e. The van der Waals surface area contributed by atoms with E-state index in [1.54, 1.807) is 0 Å². The summed E-state index contributed by atoms with van der Waals surface area (Å²) >= 11 is 0. The van der Waals surface area contributed by atoms with E-state index < -0.39 is 35.2 Å². The minimum Gasteiger partial charge on any atom is -0.326 e. The Labute approximate surface area is 142 Å². The zero-order valence-electron chi connectivity index (χ0n) is 13.8. The van der Waals surface area contributed by atoms with Crippen molar-refractivity contribution in [1.29, 1.82) is 0 Å². The lowest BCUT2D eigenvalue weighted by atomic mass is 10.2. The summed E-state index contributed by atoms with van der Waals surface area (Å²) < 4.78 is 110. The third-order valence-electron chi connectivity index (χ3n) is 3.51. The number of sulfonamides is 2. The van der Waals surface area contributed by atoms with Crippen molar-refractivity contribution in [3.8, 4) is 0 Å². The van der Waals surface area contributed by atoms with Gasteiger partial charge in [0.25, 0.3) is 0 Å². The molecule has 25 heavy (non-hydrogen) atoms. The molecule has 0 amide bonds. The van der Waals surface area contributed by atoms with Gasteiger partial charge in [0.2, 0.25) is 0 Å². The summed E-state index contributed by atoms with van der Waals surface area (Å²) in [6.45, 7) is 8.86. The van der Waals surface area contributed by atoms with E-state index in [-0.39, 0.29) is 0 Å². The number of nitrogens with zero attached hydrogens (tertiary/aromatic N) is 1. The molecular formula is C11H21F6N2O4S2+. The Kier molecular flexibility index (Phi) is 7.77. The predicted molar refractivity (Wildman–Crippen MR) is 77.9 cm³/mol. The molecule has 0 aromatic carbocycles. The molecule has 0 aromatic heterocycles. The molecule has 0 aliphatic carbocycles. The Morgan fingerprint density at radius 1 is 1.00 bits per heavy atom. The molecule has 0 spiro atoms. The molecule has 1 heterocycles. The number of hydrogen-bond donors (Lipinski definition) is 1. The maximum absolute atomic E-state index is 11.5. The van der Waals surface area contributed by atoms with Crippen LogP contribution in [0, 0.1) is 5.92 Å². The fourth-order valence-corrected chi connectivity index (χ4v) is 4.36. The second kappa shape index (κ2) is 7.96. The largest absolute Gasteiger partial charge is 0.512 e. The van der Waals surface area contributed by atoms with Gasteiger partial charge in [-0.15, -0.1) is 0 Å². The van der Waals surface area contributed by atoms with E-state index in [0.717, 1.165) is 5.92 Å². The van der Waals surface area contributed by atoms with Crippen molar-refractivity contribution in [2.24, 2.45) is 5.92 Å². The lowest BCUT2D eigenvalue weighted by molar-refractivity contribution is -0.899. The number of nitrogens with one attached hydrogen (secondary N) is 1. The zero-order valence-corrected chi connectivity index (χ0v) is 15.4. The highest BCUT2D eigenvalue weighted by molar-refractivity contribution is 8.05. The van der Waals surface area contributed by atoms with Crippen LogP contribution < -0.4 is 4.13 Å². The van der Waals surface area contributed by atoms with Crippen LogP contribution in [0.5, 0.6) is 0 Å². The Morgan fingerprint density at radius 3 is 1.64 bits per heavy atom. The molecule has 0 saturated carbocycles. The second-order valence-corrected chi connectivity index (χ2v) is 9.73. The standard InChI is InChI=1S/C9H20N.C2HF6NO4S2/c1-4-6-10(3)7-5-9(2)8-10;3-1(4,5)14(10,11)9-15(12,13)2(6,7)8/h9H,4-8H2,1-3H3;9H/q+1;. The van der Waals surface area contributed by atoms with Crippen molar-refractivity contribution < 1.29 is 47.7 Å². The lowest BCUT2D eigenvalue weighted by Gasteiger charge is -2.28. The SMILES string of the molecule is CCC[N+]1(C)CCC(C)C1.O=S(=O)(NS(=O)(=O)C(F)(F)F)C(F)(F)F. The van der Waals surface area contributed by atoms with E-state index in [9.17, 15) is 43.2 Å². The van der Waals surface area contributed by atoms with E-state index in [1.165, 1.54) is 37.0 Å². The molecule has 152 valence electrons. The van der Waals surface area contributed by atoms with Crippen LogP contribution in [0.4, 0.5) is 26.3 Å². The van der Waals surface area contributed by atoms with E-state index in [4.69, 9.17) is 0 Å². The van der Waals surface area contributed by atoms with Gasteiger partial charge in [0.1, 0.15) is 0 Å². The van der Waals surface area contributed by atoms with Gasteiger partial charge in [-0.05, 0) is 6.42 Å². The predicted octanol–water partition coefficient (Wildman–Crippen LogP) is 2.16. The summed E-state index contributed by atoms with van der Waals surface area (Å²) in [5, 5.41) is 0. The highest BCUT2D eigenvalue weighted by Crippen LogP contribution is 2.27. The number of halogens is 6. The van der Waals surface area contributed by atoms with Crippen LogP contribution >= 0.6 is 0 Å². The summed E-state index contributed by atoms with van der Waals surface area (Å²) in [7, 11) is -10.8. The molecule has 14 heteroatoms. The first-order chi connectivity index (χ1) is 10.9. The van der Waals surface area contributed by atoms with E-state index in [0.29, 0.717) is 0 Å². The van der Waals surface area contributed by atoms with Crippen molar-refractivity contribution in [1.82, 2.24) is 4.13 Å². The zero-order chi connectivity index (χ0) is 20.3. The molecule has 0 bridgehead atoms. The van der Waals surface area contributed by atoms with Gasteiger partial charge in [-0.25, -0.2) is 16.8 Å². The van der Waals surface area contributed by atoms with Crippen LogP contribution in [-0.2, 0) is 20.0 Å². The maximum Gasteiger partial charge on any atom is 0.512 e. The Balaban J connectivity index is 0.000000496. The first-order valence-corrected chi connectivity index (χ1v) is 10.1. The first-order valence-electron chi connectivity index (χ1n) is 7.11. The quantitative estimate of drug-likeness (QED) is 0.555. The molecule has 1 aliphatic heterocycles. The second-order valence-electron chi connectivity index (χ2n) is 6.12. The summed E-state index contributed by atoms with van der Waals surface area (Å²) in [6.07, 6.45) is 2.78. The van der Waals surface area contributed by atoms with Crippen molar-refractivity contribution in [2.45, 2.75) is 37.7 Å². The summed E-state index contributed by atoms with van der Waals surface area (Å²) in [5.41, 5.74) is -12.3. The fraction of sp³-hybridized carbons (Fsp3) is 1.00. The third kappa shape index (κ3) is 7.27. The molecule has 0 aromatic rings. The van der Waals surface area contributed by atoms with Gasteiger partial charge < -0.3 is 4.48 Å². The van der Waals surface area contributed by atoms with Gasteiger partial charge in [0, 0.05) is 12.3 Å². The number of likely N-dealkylation sites (tertiary alicyclic amines) is 1. The third-order valence-corrected chi connectivity index (χ3v) is 6.48. The summed E-state index contributed by atoms with van der Waals surface area (Å²) in [6, 6.07) is 0. The van der Waals surface area contributed by atoms with Crippen LogP contribution in [0.25, 0.3) is 0 Å². The summed E-state index contributed by atoms with van der Waals surface area (Å²) in [4.78, 5) is 0. The van der Waals surface area contributed by atoms with E-state index >= 15 is 0 Å². The molecular weight excluding hydrogens is 402 g/mol. The fourth-order valence-electron chi connectivity index (χ4n) is 2.45. The van der Waals surface area contributed by atoms with Gasteiger partial charge in [-0.3, -0.25) is 0 Å². The van der Waals surface area contributed by atoms with Gasteiger partial charge >= 0.3 is 31.1 Å². The molecule has 1 N–H and O–H groups in total. The molecule has 2 unspecified atom stereocenters. The molecule has 0 radical (unpaired) electrons. The number of alkyl halides is 6. The van der Waals surface area contributed by atoms with E-state index in [1.807, 2.05) is 0 Å². The van der Waals surface area contributed by atoms with Crippen LogP contribution in [-0.4, -0.2) is 59.0 Å². The van der Waals surface area contributed by atoms with Crippen molar-refractivity contribution in [3.63, 3.8) is 0 Å². The molecule has 1 saturated heterocycles. The maximum atomic E-state index is 11.5. The average Bonchev–Trinajstić information content (AvgIpc) is 2.66. The average molecular weight is 423 g/mol. The lowest BCUT2D eigenvalue weighted by Crippen LogP contribution is -2.45. The summed E-state index contributed by atoms with van der Waals surface area (Å²) in [5.74, 6) is 0.969. The van der Waals surface area contributed by atoms with Crippen LogP contribution in [0.3, 0.4) is 0 Å². The van der Waals surface area contributed by atoms with Gasteiger partial charge in [0.05, 0.1) is 26.7 Å². The molecule has 6 nitrogen and oxygen atoms in total. The van der Waals surface area contributed by atoms with Crippen LogP contribution in [0.2, 0.25) is 0 Å². The van der Waals surface area contributed by atoms with Gasteiger partial charge in [-0.2, -0.15) is 26.3 Å². The van der Waals surface area contributed by atoms with Crippen molar-refractivity contribution in [3.05, 3.63) is 0 Å². The minimum atomic E-state index is -6.60. The van der Waals surface area contributed by atoms with E-state index in [2.05, 4.69) is 20.9 Å². The Hall–Kier alpha value is -0.600. The first kappa shape index (κ1) is 24.4. The Morgan fingerprint density at radius 2 is 1.40 bits per heavy atom. The van der Waals surface area contributed by atoms with Crippen molar-refractivity contribution >= 4 is 20.0 Å². The molecule has 1 rings (SSSR count). The number of hydrogen-bond acceptors (Lipinski definition) is 4. The van der Waals surface area contributed by atoms with Gasteiger partial charge in [0.15, 0.2) is 0 Å². The van der Waals surface area contributed by atoms with Crippen molar-refractivity contribution in [2.75, 3.05) is 26.7 Å². The molecule has 2 atom stereocenters. The Bertz CT molecular complexity index is 598. The van der Waals surface area contributed by atoms with Crippen LogP contribution in [0.15, 0.2) is 0 Å². The highest BCUT2D eigenvalue weighted by atomic mass is 32.3. The topological polar surface area (TPSA) is 80.3 Å². The molecule has 1 aliphatic rings.